The van der Waals surface area contributed by atoms with Crippen molar-refractivity contribution in [1.29, 1.82) is 0 Å². The minimum atomic E-state index is -1.48. The van der Waals surface area contributed by atoms with E-state index >= 15 is 0 Å². The van der Waals surface area contributed by atoms with Gasteiger partial charge in [-0.25, -0.2) is 4.79 Å². The lowest BCUT2D eigenvalue weighted by Crippen LogP contribution is -2.46. The molecule has 25 heavy (non-hydrogen) atoms. The zero-order valence-corrected chi connectivity index (χ0v) is 13.8. The van der Waals surface area contributed by atoms with Gasteiger partial charge < -0.3 is 10.1 Å². The molecule has 0 bridgehead atoms. The average molecular weight is 338 g/mol. The second-order valence-corrected chi connectivity index (χ2v) is 5.92. The fourth-order valence-corrected chi connectivity index (χ4v) is 2.58. The number of imide groups is 1. The molecule has 1 heterocycles. The first-order chi connectivity index (χ1) is 12.0. The number of Topliss-reactive ketones (excluding diaryl/α,β-unsaturated/α-hetero) is 1. The van der Waals surface area contributed by atoms with E-state index in [1.54, 1.807) is 30.3 Å². The number of urea groups is 1. The fourth-order valence-electron chi connectivity index (χ4n) is 2.58. The van der Waals surface area contributed by atoms with Crippen LogP contribution in [0.5, 0.6) is 0 Å². The van der Waals surface area contributed by atoms with Gasteiger partial charge in [-0.05, 0) is 12.5 Å². The normalized spacial score (nSPS) is 19.8. The highest BCUT2D eigenvalue weighted by molar-refractivity contribution is 6.10. The van der Waals surface area contributed by atoms with Crippen LogP contribution in [-0.2, 0) is 16.1 Å². The Hall–Kier alpha value is -2.99. The molecule has 1 fully saturated rings. The number of hydrogen-bond acceptors (Lipinski definition) is 4. The Morgan fingerprint density at radius 3 is 2.28 bits per heavy atom. The molecule has 0 spiro atoms. The lowest BCUT2D eigenvalue weighted by atomic mass is 10.1. The summed E-state index contributed by atoms with van der Waals surface area (Å²) in [5, 5.41) is 2.52. The van der Waals surface area contributed by atoms with Gasteiger partial charge in [0.25, 0.3) is 5.91 Å². The van der Waals surface area contributed by atoms with Gasteiger partial charge in [0.15, 0.2) is 5.78 Å². The molecule has 1 aliphatic rings. The maximum Gasteiger partial charge on any atom is 0.327 e. The largest absolute Gasteiger partial charge is 0.342 e. The van der Waals surface area contributed by atoms with Crippen LogP contribution < -0.4 is 5.32 Å². The number of ether oxygens (including phenoxy) is 1. The third kappa shape index (κ3) is 3.59. The second kappa shape index (κ2) is 6.86. The van der Waals surface area contributed by atoms with E-state index in [0.717, 1.165) is 10.5 Å². The van der Waals surface area contributed by atoms with Crippen LogP contribution in [0, 0.1) is 0 Å². The first kappa shape index (κ1) is 16.9. The summed E-state index contributed by atoms with van der Waals surface area (Å²) in [4.78, 5) is 37.9. The quantitative estimate of drug-likeness (QED) is 0.648. The van der Waals surface area contributed by atoms with Crippen molar-refractivity contribution in [3.8, 4) is 0 Å². The van der Waals surface area contributed by atoms with E-state index in [1.165, 1.54) is 6.92 Å². The first-order valence-electron chi connectivity index (χ1n) is 7.90. The molecule has 1 N–H and O–H groups in total. The number of amides is 3. The van der Waals surface area contributed by atoms with Gasteiger partial charge in [0.2, 0.25) is 5.72 Å². The van der Waals surface area contributed by atoms with Gasteiger partial charge in [-0.3, -0.25) is 14.5 Å². The summed E-state index contributed by atoms with van der Waals surface area (Å²) in [6.07, 6.45) is 0. The summed E-state index contributed by atoms with van der Waals surface area (Å²) < 4.78 is 5.64. The Balaban J connectivity index is 1.68. The van der Waals surface area contributed by atoms with Crippen molar-refractivity contribution >= 4 is 17.7 Å². The summed E-state index contributed by atoms with van der Waals surface area (Å²) in [5.41, 5.74) is -0.157. The minimum Gasteiger partial charge on any atom is -0.342 e. The monoisotopic (exact) mass is 338 g/mol. The predicted molar refractivity (Wildman–Crippen MR) is 90.7 cm³/mol. The van der Waals surface area contributed by atoms with Crippen molar-refractivity contribution in [2.24, 2.45) is 0 Å². The molecule has 0 aliphatic carbocycles. The SMILES string of the molecule is CC1(OCc2ccccc2)NC(=O)N(CC(=O)c2ccccc2)C1=O. The highest BCUT2D eigenvalue weighted by Gasteiger charge is 2.49. The van der Waals surface area contributed by atoms with Crippen LogP contribution in [0.2, 0.25) is 0 Å². The molecule has 128 valence electrons. The molecule has 3 rings (SSSR count). The molecular formula is C19H18N2O4. The smallest absolute Gasteiger partial charge is 0.327 e. The van der Waals surface area contributed by atoms with E-state index < -0.39 is 17.7 Å². The third-order valence-corrected chi connectivity index (χ3v) is 4.01. The van der Waals surface area contributed by atoms with Gasteiger partial charge in [-0.1, -0.05) is 60.7 Å². The number of rotatable bonds is 6. The first-order valence-corrected chi connectivity index (χ1v) is 7.90. The van der Waals surface area contributed by atoms with Gasteiger partial charge >= 0.3 is 6.03 Å². The number of hydrogen-bond donors (Lipinski definition) is 1. The number of carbonyl (C=O) groups is 3. The second-order valence-electron chi connectivity index (χ2n) is 5.92. The van der Waals surface area contributed by atoms with Gasteiger partial charge in [0.05, 0.1) is 13.2 Å². The number of ketones is 1. The molecule has 2 aromatic carbocycles. The molecular weight excluding hydrogens is 320 g/mol. The van der Waals surface area contributed by atoms with Crippen molar-refractivity contribution in [1.82, 2.24) is 10.2 Å². The molecule has 1 saturated heterocycles. The highest BCUT2D eigenvalue weighted by Crippen LogP contribution is 2.21. The molecule has 0 saturated carbocycles. The molecule has 6 nitrogen and oxygen atoms in total. The number of nitrogens with one attached hydrogen (secondary N) is 1. The molecule has 6 heteroatoms. The Labute approximate surface area is 145 Å². The zero-order chi connectivity index (χ0) is 17.9. The van der Waals surface area contributed by atoms with E-state index in [2.05, 4.69) is 5.32 Å². The van der Waals surface area contributed by atoms with E-state index in [-0.39, 0.29) is 18.9 Å². The van der Waals surface area contributed by atoms with Crippen LogP contribution in [0.1, 0.15) is 22.8 Å². The highest BCUT2D eigenvalue weighted by atomic mass is 16.5. The molecule has 2 aromatic rings. The number of nitrogens with zero attached hydrogens (tertiary/aromatic N) is 1. The zero-order valence-electron chi connectivity index (χ0n) is 13.8. The van der Waals surface area contributed by atoms with Crippen molar-refractivity contribution in [3.63, 3.8) is 0 Å². The van der Waals surface area contributed by atoms with Crippen LogP contribution in [0.25, 0.3) is 0 Å². The molecule has 1 unspecified atom stereocenters. The summed E-state index contributed by atoms with van der Waals surface area (Å²) in [6, 6.07) is 17.2. The minimum absolute atomic E-state index is 0.170. The Kier molecular flexibility index (Phi) is 4.63. The van der Waals surface area contributed by atoms with E-state index in [9.17, 15) is 14.4 Å². The Morgan fingerprint density at radius 2 is 1.64 bits per heavy atom. The molecule has 1 aliphatic heterocycles. The molecule has 0 aromatic heterocycles. The van der Waals surface area contributed by atoms with Crippen LogP contribution in [0.15, 0.2) is 60.7 Å². The third-order valence-electron chi connectivity index (χ3n) is 4.01. The fraction of sp³-hybridized carbons (Fsp3) is 0.211. The van der Waals surface area contributed by atoms with Crippen LogP contribution in [0.3, 0.4) is 0 Å². The van der Waals surface area contributed by atoms with Gasteiger partial charge in [0.1, 0.15) is 0 Å². The predicted octanol–water partition coefficient (Wildman–Crippen LogP) is 2.35. The Morgan fingerprint density at radius 1 is 1.04 bits per heavy atom. The van der Waals surface area contributed by atoms with Crippen molar-refractivity contribution in [2.45, 2.75) is 19.3 Å². The summed E-state index contributed by atoms with van der Waals surface area (Å²) in [6.45, 7) is 1.34. The number of benzene rings is 2. The molecule has 0 radical (unpaired) electrons. The lowest BCUT2D eigenvalue weighted by Gasteiger charge is -2.22. The van der Waals surface area contributed by atoms with Gasteiger partial charge in [0, 0.05) is 5.56 Å². The molecule has 1 atom stereocenters. The average Bonchev–Trinajstić information content (AvgIpc) is 2.85. The topological polar surface area (TPSA) is 75.7 Å². The lowest BCUT2D eigenvalue weighted by molar-refractivity contribution is -0.150. The van der Waals surface area contributed by atoms with Gasteiger partial charge in [-0.2, -0.15) is 0 Å². The van der Waals surface area contributed by atoms with Crippen LogP contribution in [0.4, 0.5) is 4.79 Å². The standard InChI is InChI=1S/C19H18N2O4/c1-19(25-13-14-8-4-2-5-9-14)17(23)21(18(24)20-19)12-16(22)15-10-6-3-7-11-15/h2-11H,12-13H2,1H3,(H,20,24). The summed E-state index contributed by atoms with van der Waals surface area (Å²) in [5.74, 6) is -0.880. The van der Waals surface area contributed by atoms with E-state index in [4.69, 9.17) is 4.74 Å². The van der Waals surface area contributed by atoms with Crippen molar-refractivity contribution in [2.75, 3.05) is 6.54 Å². The maximum absolute atomic E-state index is 12.6. The Bertz CT molecular complexity index is 792. The van der Waals surface area contributed by atoms with E-state index in [0.29, 0.717) is 5.56 Å². The maximum atomic E-state index is 12.6. The van der Waals surface area contributed by atoms with Crippen LogP contribution in [-0.4, -0.2) is 34.9 Å². The van der Waals surface area contributed by atoms with Gasteiger partial charge in [-0.15, -0.1) is 0 Å². The van der Waals surface area contributed by atoms with Crippen molar-refractivity contribution < 1.29 is 19.1 Å². The molecule has 3 amide bonds. The van der Waals surface area contributed by atoms with Crippen LogP contribution >= 0.6 is 0 Å². The van der Waals surface area contributed by atoms with Crippen molar-refractivity contribution in [3.05, 3.63) is 71.8 Å². The van der Waals surface area contributed by atoms with E-state index in [1.807, 2.05) is 30.3 Å². The summed E-state index contributed by atoms with van der Waals surface area (Å²) in [7, 11) is 0. The summed E-state index contributed by atoms with van der Waals surface area (Å²) >= 11 is 0. The number of carbonyl (C=O) groups excluding carboxylic acids is 3.